The first-order valence-corrected chi connectivity index (χ1v) is 7.46. The lowest BCUT2D eigenvalue weighted by atomic mass is 10.2. The molecule has 0 aliphatic rings. The number of aromatic nitrogens is 1. The standard InChI is InChI=1S/C16H26N2O3/c1-6-13(5)21-15-9-14(7-8-17-15)16(20)18(11(2)3)10-12(4)19/h7-9,11-13,19H,6,10H2,1-5H3. The van der Waals surface area contributed by atoms with E-state index in [-0.39, 0.29) is 18.1 Å². The molecule has 1 heterocycles. The second-order valence-corrected chi connectivity index (χ2v) is 5.62. The van der Waals surface area contributed by atoms with E-state index >= 15 is 0 Å². The Morgan fingerprint density at radius 3 is 2.57 bits per heavy atom. The van der Waals surface area contributed by atoms with Crippen LogP contribution in [0.2, 0.25) is 0 Å². The van der Waals surface area contributed by atoms with Gasteiger partial charge in [0.1, 0.15) is 0 Å². The van der Waals surface area contributed by atoms with Gasteiger partial charge in [-0.15, -0.1) is 0 Å². The van der Waals surface area contributed by atoms with Crippen LogP contribution < -0.4 is 4.74 Å². The zero-order valence-electron chi connectivity index (χ0n) is 13.5. The van der Waals surface area contributed by atoms with Gasteiger partial charge in [-0.05, 0) is 40.2 Å². The Morgan fingerprint density at radius 2 is 2.05 bits per heavy atom. The monoisotopic (exact) mass is 294 g/mol. The molecule has 1 rings (SSSR count). The average Bonchev–Trinajstić information content (AvgIpc) is 2.43. The van der Waals surface area contributed by atoms with E-state index in [1.165, 1.54) is 0 Å². The minimum atomic E-state index is -0.561. The van der Waals surface area contributed by atoms with Gasteiger partial charge in [-0.25, -0.2) is 4.98 Å². The quantitative estimate of drug-likeness (QED) is 0.839. The zero-order valence-corrected chi connectivity index (χ0v) is 13.5. The molecule has 1 N–H and O–H groups in total. The van der Waals surface area contributed by atoms with Gasteiger partial charge in [0.25, 0.3) is 5.91 Å². The van der Waals surface area contributed by atoms with Gasteiger partial charge in [0.15, 0.2) is 0 Å². The molecule has 118 valence electrons. The van der Waals surface area contributed by atoms with Crippen molar-refractivity contribution in [1.82, 2.24) is 9.88 Å². The first-order valence-electron chi connectivity index (χ1n) is 7.46. The van der Waals surface area contributed by atoms with E-state index in [9.17, 15) is 9.90 Å². The molecule has 0 aliphatic carbocycles. The van der Waals surface area contributed by atoms with Crippen LogP contribution in [-0.4, -0.2) is 45.7 Å². The normalized spacial score (nSPS) is 13.9. The highest BCUT2D eigenvalue weighted by atomic mass is 16.5. The fraction of sp³-hybridized carbons (Fsp3) is 0.625. The van der Waals surface area contributed by atoms with Gasteiger partial charge in [-0.3, -0.25) is 4.79 Å². The molecule has 2 atom stereocenters. The Kier molecular flexibility index (Phi) is 6.62. The lowest BCUT2D eigenvalue weighted by molar-refractivity contribution is 0.0578. The third-order valence-electron chi connectivity index (χ3n) is 3.22. The molecule has 1 aromatic heterocycles. The van der Waals surface area contributed by atoms with E-state index in [1.54, 1.807) is 30.2 Å². The van der Waals surface area contributed by atoms with Gasteiger partial charge >= 0.3 is 0 Å². The third kappa shape index (κ3) is 5.34. The molecule has 0 saturated carbocycles. The molecular formula is C16H26N2O3. The second kappa shape index (κ2) is 7.98. The first kappa shape index (κ1) is 17.4. The molecule has 0 spiro atoms. The predicted molar refractivity (Wildman–Crippen MR) is 82.5 cm³/mol. The highest BCUT2D eigenvalue weighted by molar-refractivity contribution is 5.94. The number of hydrogen-bond donors (Lipinski definition) is 1. The fourth-order valence-corrected chi connectivity index (χ4v) is 1.88. The van der Waals surface area contributed by atoms with E-state index in [1.807, 2.05) is 27.7 Å². The van der Waals surface area contributed by atoms with E-state index in [0.29, 0.717) is 18.0 Å². The highest BCUT2D eigenvalue weighted by Gasteiger charge is 2.21. The first-order chi connectivity index (χ1) is 9.85. The van der Waals surface area contributed by atoms with Gasteiger partial charge in [0, 0.05) is 30.4 Å². The predicted octanol–water partition coefficient (Wildman–Crippen LogP) is 2.49. The van der Waals surface area contributed by atoms with Crippen molar-refractivity contribution in [2.45, 2.75) is 59.3 Å². The van der Waals surface area contributed by atoms with Crippen molar-refractivity contribution in [3.8, 4) is 5.88 Å². The molecule has 0 bridgehead atoms. The molecule has 0 aromatic carbocycles. The fourth-order valence-electron chi connectivity index (χ4n) is 1.88. The summed E-state index contributed by atoms with van der Waals surface area (Å²) in [6.07, 6.45) is 1.95. The van der Waals surface area contributed by atoms with Crippen LogP contribution in [0.15, 0.2) is 18.3 Å². The largest absolute Gasteiger partial charge is 0.475 e. The van der Waals surface area contributed by atoms with Crippen molar-refractivity contribution in [3.05, 3.63) is 23.9 Å². The van der Waals surface area contributed by atoms with Crippen molar-refractivity contribution in [1.29, 1.82) is 0 Å². The molecule has 0 radical (unpaired) electrons. The number of nitrogens with zero attached hydrogens (tertiary/aromatic N) is 2. The maximum absolute atomic E-state index is 12.6. The zero-order chi connectivity index (χ0) is 16.0. The third-order valence-corrected chi connectivity index (χ3v) is 3.22. The van der Waals surface area contributed by atoms with Crippen molar-refractivity contribution in [3.63, 3.8) is 0 Å². The van der Waals surface area contributed by atoms with Gasteiger partial charge in [0.05, 0.1) is 12.2 Å². The lowest BCUT2D eigenvalue weighted by Crippen LogP contribution is -2.41. The molecule has 0 fully saturated rings. The Hall–Kier alpha value is -1.62. The maximum atomic E-state index is 12.6. The number of carbonyl (C=O) groups excluding carboxylic acids is 1. The van der Waals surface area contributed by atoms with Crippen LogP contribution in [0.25, 0.3) is 0 Å². The summed E-state index contributed by atoms with van der Waals surface area (Å²) in [7, 11) is 0. The number of ether oxygens (including phenoxy) is 1. The summed E-state index contributed by atoms with van der Waals surface area (Å²) in [4.78, 5) is 18.3. The Bertz CT molecular complexity index is 461. The van der Waals surface area contributed by atoms with Gasteiger partial charge < -0.3 is 14.7 Å². The summed E-state index contributed by atoms with van der Waals surface area (Å²) in [6.45, 7) is 9.83. The molecule has 0 saturated heterocycles. The van der Waals surface area contributed by atoms with Crippen molar-refractivity contribution in [2.75, 3.05) is 6.54 Å². The van der Waals surface area contributed by atoms with Crippen LogP contribution in [0.5, 0.6) is 5.88 Å². The maximum Gasteiger partial charge on any atom is 0.254 e. The SMILES string of the molecule is CCC(C)Oc1cc(C(=O)N(CC(C)O)C(C)C)ccn1. The summed E-state index contributed by atoms with van der Waals surface area (Å²) < 4.78 is 5.64. The van der Waals surface area contributed by atoms with E-state index in [2.05, 4.69) is 4.98 Å². The summed E-state index contributed by atoms with van der Waals surface area (Å²) in [5.74, 6) is 0.332. The van der Waals surface area contributed by atoms with Gasteiger partial charge in [-0.1, -0.05) is 6.92 Å². The topological polar surface area (TPSA) is 62.7 Å². The number of hydrogen-bond acceptors (Lipinski definition) is 4. The molecule has 1 amide bonds. The summed E-state index contributed by atoms with van der Waals surface area (Å²) >= 11 is 0. The number of aliphatic hydroxyl groups is 1. The molecule has 21 heavy (non-hydrogen) atoms. The van der Waals surface area contributed by atoms with Crippen molar-refractivity contribution < 1.29 is 14.6 Å². The van der Waals surface area contributed by atoms with E-state index < -0.39 is 6.10 Å². The smallest absolute Gasteiger partial charge is 0.254 e. The minimum absolute atomic E-state index is 0.0131. The van der Waals surface area contributed by atoms with Crippen molar-refractivity contribution >= 4 is 5.91 Å². The Labute approximate surface area is 126 Å². The minimum Gasteiger partial charge on any atom is -0.475 e. The number of aliphatic hydroxyl groups excluding tert-OH is 1. The van der Waals surface area contributed by atoms with Crippen molar-refractivity contribution in [2.24, 2.45) is 0 Å². The van der Waals surface area contributed by atoms with Crippen LogP contribution >= 0.6 is 0 Å². The molecule has 0 aliphatic heterocycles. The summed E-state index contributed by atoms with van der Waals surface area (Å²) in [6, 6.07) is 3.34. The van der Waals surface area contributed by atoms with E-state index in [4.69, 9.17) is 4.74 Å². The Balaban J connectivity index is 2.92. The molecule has 1 aromatic rings. The van der Waals surface area contributed by atoms with Crippen LogP contribution in [0.1, 0.15) is 51.4 Å². The van der Waals surface area contributed by atoms with Gasteiger partial charge in [-0.2, -0.15) is 0 Å². The van der Waals surface area contributed by atoms with Gasteiger partial charge in [0.2, 0.25) is 5.88 Å². The van der Waals surface area contributed by atoms with Crippen LogP contribution in [0.4, 0.5) is 0 Å². The molecule has 2 unspecified atom stereocenters. The van der Waals surface area contributed by atoms with Crippen LogP contribution in [0, 0.1) is 0 Å². The second-order valence-electron chi connectivity index (χ2n) is 5.62. The number of pyridine rings is 1. The number of rotatable bonds is 7. The lowest BCUT2D eigenvalue weighted by Gasteiger charge is -2.28. The molecular weight excluding hydrogens is 268 g/mol. The van der Waals surface area contributed by atoms with Crippen LogP contribution in [-0.2, 0) is 0 Å². The van der Waals surface area contributed by atoms with Crippen LogP contribution in [0.3, 0.4) is 0 Å². The summed E-state index contributed by atoms with van der Waals surface area (Å²) in [5, 5.41) is 9.54. The summed E-state index contributed by atoms with van der Waals surface area (Å²) in [5.41, 5.74) is 0.526. The van der Waals surface area contributed by atoms with E-state index in [0.717, 1.165) is 6.42 Å². The average molecular weight is 294 g/mol. The number of amides is 1. The Morgan fingerprint density at radius 1 is 1.38 bits per heavy atom. The highest BCUT2D eigenvalue weighted by Crippen LogP contribution is 2.15. The molecule has 5 heteroatoms. The number of carbonyl (C=O) groups is 1. The molecule has 5 nitrogen and oxygen atoms in total.